The summed E-state index contributed by atoms with van der Waals surface area (Å²) in [5.74, 6) is -0.123. The van der Waals surface area contributed by atoms with Gasteiger partial charge in [0.25, 0.3) is 0 Å². The molecule has 0 spiro atoms. The number of nitrogens with one attached hydrogen (secondary N) is 3. The molecule has 0 aromatic heterocycles. The molecule has 3 N–H and O–H groups in total. The van der Waals surface area contributed by atoms with E-state index in [-0.39, 0.29) is 22.9 Å². The molecule has 2 rings (SSSR count). The van der Waals surface area contributed by atoms with Crippen LogP contribution in [0.5, 0.6) is 0 Å². The zero-order valence-electron chi connectivity index (χ0n) is 12.9. The minimum atomic E-state index is -3.57. The maximum absolute atomic E-state index is 12.3. The van der Waals surface area contributed by atoms with E-state index in [0.29, 0.717) is 12.1 Å². The number of sulfonamides is 1. The number of carbonyl (C=O) groups excluding carboxylic acids is 1. The van der Waals surface area contributed by atoms with Crippen LogP contribution < -0.4 is 15.4 Å². The molecule has 1 aliphatic heterocycles. The van der Waals surface area contributed by atoms with E-state index in [1.807, 2.05) is 13.8 Å². The van der Waals surface area contributed by atoms with Gasteiger partial charge in [-0.15, -0.1) is 0 Å². The van der Waals surface area contributed by atoms with Gasteiger partial charge in [0.2, 0.25) is 15.9 Å². The summed E-state index contributed by atoms with van der Waals surface area (Å²) in [6, 6.07) is 5.99. The maximum Gasteiger partial charge on any atom is 0.241 e. The molecule has 0 aliphatic carbocycles. The van der Waals surface area contributed by atoms with Crippen molar-refractivity contribution in [3.8, 4) is 0 Å². The van der Waals surface area contributed by atoms with Crippen molar-refractivity contribution in [3.05, 3.63) is 24.3 Å². The number of benzene rings is 1. The fraction of sp³-hybridized carbons (Fsp3) is 0.533. The van der Waals surface area contributed by atoms with Gasteiger partial charge in [0, 0.05) is 11.7 Å². The van der Waals surface area contributed by atoms with Crippen LogP contribution in [0.2, 0.25) is 0 Å². The van der Waals surface area contributed by atoms with E-state index in [1.165, 1.54) is 12.1 Å². The first-order chi connectivity index (χ1) is 10.4. The van der Waals surface area contributed by atoms with Gasteiger partial charge in [0.15, 0.2) is 0 Å². The van der Waals surface area contributed by atoms with Gasteiger partial charge < -0.3 is 10.6 Å². The lowest BCUT2D eigenvalue weighted by molar-refractivity contribution is -0.117. The highest BCUT2D eigenvalue weighted by Crippen LogP contribution is 2.17. The van der Waals surface area contributed by atoms with Gasteiger partial charge in [-0.05, 0) is 50.9 Å². The lowest BCUT2D eigenvalue weighted by Gasteiger charge is -2.14. The van der Waals surface area contributed by atoms with Crippen LogP contribution in [0.4, 0.5) is 5.69 Å². The average Bonchev–Trinajstić information content (AvgIpc) is 3.01. The lowest BCUT2D eigenvalue weighted by atomic mass is 10.2. The van der Waals surface area contributed by atoms with Gasteiger partial charge in [-0.1, -0.05) is 13.0 Å². The number of amides is 1. The minimum absolute atomic E-state index is 0.123. The molecule has 22 heavy (non-hydrogen) atoms. The Kier molecular flexibility index (Phi) is 5.55. The molecule has 0 bridgehead atoms. The average molecular weight is 325 g/mol. The maximum atomic E-state index is 12.3. The van der Waals surface area contributed by atoms with Crippen molar-refractivity contribution in [3.63, 3.8) is 0 Å². The van der Waals surface area contributed by atoms with Crippen LogP contribution >= 0.6 is 0 Å². The summed E-state index contributed by atoms with van der Waals surface area (Å²) < 4.78 is 27.1. The van der Waals surface area contributed by atoms with E-state index in [2.05, 4.69) is 15.4 Å². The van der Waals surface area contributed by atoms with E-state index in [1.54, 1.807) is 12.1 Å². The Morgan fingerprint density at radius 2 is 2.23 bits per heavy atom. The minimum Gasteiger partial charge on any atom is -0.325 e. The van der Waals surface area contributed by atoms with Crippen molar-refractivity contribution in [1.29, 1.82) is 0 Å². The van der Waals surface area contributed by atoms with E-state index in [0.717, 1.165) is 19.4 Å². The molecule has 1 saturated heterocycles. The number of anilines is 1. The summed E-state index contributed by atoms with van der Waals surface area (Å²) in [7, 11) is -3.57. The molecular weight excluding hydrogens is 302 g/mol. The Morgan fingerprint density at radius 1 is 1.45 bits per heavy atom. The van der Waals surface area contributed by atoms with Gasteiger partial charge in [-0.25, -0.2) is 13.1 Å². The summed E-state index contributed by atoms with van der Waals surface area (Å²) in [5.41, 5.74) is 0.491. The summed E-state index contributed by atoms with van der Waals surface area (Å²) >= 11 is 0. The second-order valence-corrected chi connectivity index (χ2v) is 7.31. The number of carbonyl (C=O) groups is 1. The standard InChI is InChI=1S/C15H23N3O3S/c1-3-11(2)18-22(20,21)13-7-4-6-12(10-13)17-15(19)14-8-5-9-16-14/h4,6-7,10-11,14,16,18H,3,5,8-9H2,1-2H3,(H,17,19). The first-order valence-corrected chi connectivity index (χ1v) is 9.07. The SMILES string of the molecule is CCC(C)NS(=O)(=O)c1cccc(NC(=O)C2CCCN2)c1. The molecule has 7 heteroatoms. The number of rotatable bonds is 6. The zero-order valence-corrected chi connectivity index (χ0v) is 13.7. The molecule has 6 nitrogen and oxygen atoms in total. The molecule has 1 amide bonds. The summed E-state index contributed by atoms with van der Waals surface area (Å²) in [6.45, 7) is 4.57. The molecule has 2 unspecified atom stereocenters. The van der Waals surface area contributed by atoms with Crippen LogP contribution in [-0.4, -0.2) is 33.0 Å². The second kappa shape index (κ2) is 7.21. The molecule has 1 heterocycles. The van der Waals surface area contributed by atoms with Gasteiger partial charge >= 0.3 is 0 Å². The van der Waals surface area contributed by atoms with E-state index in [4.69, 9.17) is 0 Å². The van der Waals surface area contributed by atoms with E-state index in [9.17, 15) is 13.2 Å². The summed E-state index contributed by atoms with van der Waals surface area (Å²) in [5, 5.41) is 5.88. The van der Waals surface area contributed by atoms with Crippen molar-refractivity contribution in [2.75, 3.05) is 11.9 Å². The first-order valence-electron chi connectivity index (χ1n) is 7.59. The molecule has 2 atom stereocenters. The Hall–Kier alpha value is -1.44. The van der Waals surface area contributed by atoms with Crippen LogP contribution in [0.3, 0.4) is 0 Å². The van der Waals surface area contributed by atoms with Crippen LogP contribution in [0.25, 0.3) is 0 Å². The molecule has 1 aliphatic rings. The molecule has 122 valence electrons. The van der Waals surface area contributed by atoms with Crippen molar-refractivity contribution in [1.82, 2.24) is 10.0 Å². The van der Waals surface area contributed by atoms with E-state index < -0.39 is 10.0 Å². The molecule has 0 radical (unpaired) electrons. The summed E-state index contributed by atoms with van der Waals surface area (Å²) in [6.07, 6.45) is 2.49. The highest BCUT2D eigenvalue weighted by Gasteiger charge is 2.22. The Morgan fingerprint density at radius 3 is 2.86 bits per heavy atom. The fourth-order valence-corrected chi connectivity index (χ4v) is 3.67. The van der Waals surface area contributed by atoms with Crippen molar-refractivity contribution >= 4 is 21.6 Å². The largest absolute Gasteiger partial charge is 0.325 e. The first kappa shape index (κ1) is 16.9. The monoisotopic (exact) mass is 325 g/mol. The smallest absolute Gasteiger partial charge is 0.241 e. The van der Waals surface area contributed by atoms with Crippen molar-refractivity contribution in [2.45, 2.75) is 50.1 Å². The van der Waals surface area contributed by atoms with Gasteiger partial charge in [0.1, 0.15) is 0 Å². The normalized spacial score (nSPS) is 19.8. The fourth-order valence-electron chi connectivity index (χ4n) is 2.29. The topological polar surface area (TPSA) is 87.3 Å². The number of hydrogen-bond donors (Lipinski definition) is 3. The van der Waals surface area contributed by atoms with E-state index >= 15 is 0 Å². The third-order valence-corrected chi connectivity index (χ3v) is 5.34. The quantitative estimate of drug-likeness (QED) is 0.739. The Bertz CT molecular complexity index is 625. The molecule has 0 saturated carbocycles. The van der Waals surface area contributed by atoms with Crippen LogP contribution in [-0.2, 0) is 14.8 Å². The molecular formula is C15H23N3O3S. The molecule has 1 aromatic rings. The van der Waals surface area contributed by atoms with Crippen LogP contribution in [0.15, 0.2) is 29.2 Å². The lowest BCUT2D eigenvalue weighted by Crippen LogP contribution is -2.35. The zero-order chi connectivity index (χ0) is 16.2. The molecule has 1 aromatic carbocycles. The highest BCUT2D eigenvalue weighted by molar-refractivity contribution is 7.89. The van der Waals surface area contributed by atoms with Crippen LogP contribution in [0, 0.1) is 0 Å². The van der Waals surface area contributed by atoms with Gasteiger partial charge in [0.05, 0.1) is 10.9 Å². The van der Waals surface area contributed by atoms with Gasteiger partial charge in [-0.2, -0.15) is 0 Å². The highest BCUT2D eigenvalue weighted by atomic mass is 32.2. The van der Waals surface area contributed by atoms with Crippen molar-refractivity contribution < 1.29 is 13.2 Å². The van der Waals surface area contributed by atoms with Crippen LogP contribution in [0.1, 0.15) is 33.1 Å². The second-order valence-electron chi connectivity index (χ2n) is 5.60. The van der Waals surface area contributed by atoms with Crippen molar-refractivity contribution in [2.24, 2.45) is 0 Å². The predicted molar refractivity (Wildman–Crippen MR) is 86.2 cm³/mol. The van der Waals surface area contributed by atoms with Gasteiger partial charge in [-0.3, -0.25) is 4.79 Å². The third-order valence-electron chi connectivity index (χ3n) is 3.76. The Labute approximate surface area is 131 Å². The summed E-state index contributed by atoms with van der Waals surface area (Å²) in [4.78, 5) is 12.2. The third kappa shape index (κ3) is 4.28. The number of hydrogen-bond acceptors (Lipinski definition) is 4. The Balaban J connectivity index is 2.10. The predicted octanol–water partition coefficient (Wildman–Crippen LogP) is 1.45. The molecule has 1 fully saturated rings.